The Labute approximate surface area is 127 Å². The molecule has 0 radical (unpaired) electrons. The molecule has 0 amide bonds. The van der Waals surface area contributed by atoms with Crippen molar-refractivity contribution in [3.63, 3.8) is 0 Å². The van der Waals surface area contributed by atoms with E-state index in [1.165, 1.54) is 22.8 Å². The maximum atomic E-state index is 4.49. The van der Waals surface area contributed by atoms with Gasteiger partial charge in [0.25, 0.3) is 0 Å². The van der Waals surface area contributed by atoms with E-state index in [4.69, 9.17) is 0 Å². The van der Waals surface area contributed by atoms with Crippen LogP contribution in [-0.2, 0) is 6.54 Å². The Morgan fingerprint density at radius 3 is 2.85 bits per heavy atom. The lowest BCUT2D eigenvalue weighted by atomic mass is 10.1. The number of thioether (sulfide) groups is 1. The molecule has 1 fully saturated rings. The van der Waals surface area contributed by atoms with E-state index < -0.39 is 0 Å². The number of aryl methyl sites for hydroxylation is 1. The molecule has 1 saturated heterocycles. The molecule has 0 spiro atoms. The molecule has 0 aromatic carbocycles. The first-order valence-corrected chi connectivity index (χ1v) is 8.57. The van der Waals surface area contributed by atoms with Crippen LogP contribution in [-0.4, -0.2) is 34.6 Å². The van der Waals surface area contributed by atoms with Crippen LogP contribution in [0.15, 0.2) is 12.3 Å². The molecule has 0 aliphatic carbocycles. The van der Waals surface area contributed by atoms with Gasteiger partial charge in [-0.05, 0) is 40.7 Å². The van der Waals surface area contributed by atoms with Crippen LogP contribution in [0.1, 0.15) is 39.0 Å². The fourth-order valence-corrected chi connectivity index (χ4v) is 3.44. The molecule has 0 bridgehead atoms. The van der Waals surface area contributed by atoms with E-state index in [1.54, 1.807) is 0 Å². The Hall–Kier alpha value is -0.740. The van der Waals surface area contributed by atoms with Gasteiger partial charge in [0.1, 0.15) is 0 Å². The first kappa shape index (κ1) is 15.6. The summed E-state index contributed by atoms with van der Waals surface area (Å²) in [5.41, 5.74) is 3.90. The normalized spacial score (nSPS) is 20.2. The van der Waals surface area contributed by atoms with Gasteiger partial charge in [-0.1, -0.05) is 0 Å². The van der Waals surface area contributed by atoms with Crippen LogP contribution in [0.3, 0.4) is 0 Å². The average molecular weight is 293 g/mol. The lowest BCUT2D eigenvalue weighted by molar-refractivity contribution is 0.423. The van der Waals surface area contributed by atoms with E-state index in [0.717, 1.165) is 18.8 Å². The fourth-order valence-electron chi connectivity index (χ4n) is 2.42. The molecule has 2 heterocycles. The van der Waals surface area contributed by atoms with Crippen LogP contribution < -0.4 is 10.2 Å². The van der Waals surface area contributed by atoms with Gasteiger partial charge < -0.3 is 10.2 Å². The van der Waals surface area contributed by atoms with E-state index >= 15 is 0 Å². The third kappa shape index (κ3) is 4.13. The van der Waals surface area contributed by atoms with Crippen molar-refractivity contribution in [3.8, 4) is 0 Å². The SMILES string of the molecule is Cc1cc(N2CCSCC2C)c(CNC(C)(C)C)cn1. The second-order valence-electron chi connectivity index (χ2n) is 6.68. The van der Waals surface area contributed by atoms with Gasteiger partial charge in [0, 0.05) is 59.3 Å². The van der Waals surface area contributed by atoms with E-state index in [2.05, 4.69) is 67.6 Å². The predicted octanol–water partition coefficient (Wildman–Crippen LogP) is 3.22. The number of anilines is 1. The fraction of sp³-hybridized carbons (Fsp3) is 0.688. The van der Waals surface area contributed by atoms with Crippen LogP contribution in [0.4, 0.5) is 5.69 Å². The number of aromatic nitrogens is 1. The van der Waals surface area contributed by atoms with Crippen molar-refractivity contribution in [1.82, 2.24) is 10.3 Å². The summed E-state index contributed by atoms with van der Waals surface area (Å²) in [5.74, 6) is 2.44. The van der Waals surface area contributed by atoms with Gasteiger partial charge in [-0.2, -0.15) is 11.8 Å². The van der Waals surface area contributed by atoms with Crippen LogP contribution in [0.25, 0.3) is 0 Å². The zero-order valence-electron chi connectivity index (χ0n) is 13.4. The minimum absolute atomic E-state index is 0.130. The van der Waals surface area contributed by atoms with E-state index in [0.29, 0.717) is 6.04 Å². The third-order valence-electron chi connectivity index (χ3n) is 3.58. The lowest BCUT2D eigenvalue weighted by Crippen LogP contribution is -2.42. The summed E-state index contributed by atoms with van der Waals surface area (Å²) in [6.07, 6.45) is 2.04. The Balaban J connectivity index is 2.23. The van der Waals surface area contributed by atoms with Gasteiger partial charge in [0.2, 0.25) is 0 Å². The van der Waals surface area contributed by atoms with Gasteiger partial charge in [-0.25, -0.2) is 0 Å². The highest BCUT2D eigenvalue weighted by atomic mass is 32.2. The molecule has 112 valence electrons. The molecule has 4 heteroatoms. The molecule has 1 N–H and O–H groups in total. The summed E-state index contributed by atoms with van der Waals surface area (Å²) < 4.78 is 0. The molecular weight excluding hydrogens is 266 g/mol. The number of hydrogen-bond acceptors (Lipinski definition) is 4. The van der Waals surface area contributed by atoms with Crippen molar-refractivity contribution >= 4 is 17.4 Å². The predicted molar refractivity (Wildman–Crippen MR) is 89.7 cm³/mol. The number of pyridine rings is 1. The first-order valence-electron chi connectivity index (χ1n) is 7.42. The van der Waals surface area contributed by atoms with Gasteiger partial charge in [-0.15, -0.1) is 0 Å². The van der Waals surface area contributed by atoms with Crippen molar-refractivity contribution < 1.29 is 0 Å². The summed E-state index contributed by atoms with van der Waals surface area (Å²) in [6.45, 7) is 13.0. The number of nitrogens with one attached hydrogen (secondary N) is 1. The van der Waals surface area contributed by atoms with Gasteiger partial charge in [0.15, 0.2) is 0 Å². The highest BCUT2D eigenvalue weighted by Gasteiger charge is 2.22. The topological polar surface area (TPSA) is 28.2 Å². The van der Waals surface area contributed by atoms with Crippen molar-refractivity contribution in [1.29, 1.82) is 0 Å². The zero-order valence-corrected chi connectivity index (χ0v) is 14.2. The van der Waals surface area contributed by atoms with E-state index in [-0.39, 0.29) is 5.54 Å². The number of hydrogen-bond donors (Lipinski definition) is 1. The van der Waals surface area contributed by atoms with Crippen LogP contribution >= 0.6 is 11.8 Å². The Morgan fingerprint density at radius 2 is 2.20 bits per heavy atom. The molecule has 1 atom stereocenters. The van der Waals surface area contributed by atoms with Crippen LogP contribution in [0.2, 0.25) is 0 Å². The van der Waals surface area contributed by atoms with Crippen molar-refractivity contribution in [2.75, 3.05) is 23.0 Å². The Morgan fingerprint density at radius 1 is 1.45 bits per heavy atom. The van der Waals surface area contributed by atoms with Crippen LogP contribution in [0, 0.1) is 6.92 Å². The molecular formula is C16H27N3S. The highest BCUT2D eigenvalue weighted by Crippen LogP contribution is 2.27. The zero-order chi connectivity index (χ0) is 14.8. The highest BCUT2D eigenvalue weighted by molar-refractivity contribution is 7.99. The minimum atomic E-state index is 0.130. The molecule has 0 saturated carbocycles. The molecule has 1 aliphatic heterocycles. The second-order valence-corrected chi connectivity index (χ2v) is 7.83. The molecule has 1 aromatic heterocycles. The molecule has 20 heavy (non-hydrogen) atoms. The monoisotopic (exact) mass is 293 g/mol. The molecule has 1 unspecified atom stereocenters. The van der Waals surface area contributed by atoms with Crippen molar-refractivity contribution in [2.45, 2.75) is 52.7 Å². The minimum Gasteiger partial charge on any atom is -0.367 e. The smallest absolute Gasteiger partial charge is 0.0448 e. The summed E-state index contributed by atoms with van der Waals surface area (Å²) in [5, 5.41) is 3.58. The maximum Gasteiger partial charge on any atom is 0.0448 e. The second kappa shape index (κ2) is 6.35. The van der Waals surface area contributed by atoms with E-state index in [1.807, 2.05) is 6.20 Å². The molecule has 1 aliphatic rings. The summed E-state index contributed by atoms with van der Waals surface area (Å²) >= 11 is 2.06. The number of rotatable bonds is 3. The van der Waals surface area contributed by atoms with Crippen molar-refractivity contribution in [2.24, 2.45) is 0 Å². The lowest BCUT2D eigenvalue weighted by Gasteiger charge is -2.36. The summed E-state index contributed by atoms with van der Waals surface area (Å²) in [7, 11) is 0. The largest absolute Gasteiger partial charge is 0.367 e. The van der Waals surface area contributed by atoms with E-state index in [9.17, 15) is 0 Å². The van der Waals surface area contributed by atoms with Gasteiger partial charge in [-0.3, -0.25) is 4.98 Å². The standard InChI is InChI=1S/C16H27N3S/c1-12-8-15(19-6-7-20-11-13(19)2)14(9-17-12)10-18-16(3,4)5/h8-9,13,18H,6-7,10-11H2,1-5H3. The van der Waals surface area contributed by atoms with Gasteiger partial charge >= 0.3 is 0 Å². The average Bonchev–Trinajstić information content (AvgIpc) is 2.37. The van der Waals surface area contributed by atoms with Crippen LogP contribution in [0.5, 0.6) is 0 Å². The Bertz CT molecular complexity index is 454. The number of nitrogens with zero attached hydrogens (tertiary/aromatic N) is 2. The summed E-state index contributed by atoms with van der Waals surface area (Å²) in [4.78, 5) is 7.03. The molecule has 1 aromatic rings. The van der Waals surface area contributed by atoms with Gasteiger partial charge in [0.05, 0.1) is 0 Å². The molecule has 2 rings (SSSR count). The molecule has 3 nitrogen and oxygen atoms in total. The summed E-state index contributed by atoms with van der Waals surface area (Å²) in [6, 6.07) is 2.84. The third-order valence-corrected chi connectivity index (χ3v) is 4.77. The quantitative estimate of drug-likeness (QED) is 0.926. The first-order chi connectivity index (χ1) is 9.37. The Kier molecular flexibility index (Phi) is 4.97. The maximum absolute atomic E-state index is 4.49. The van der Waals surface area contributed by atoms with Crippen molar-refractivity contribution in [3.05, 3.63) is 23.5 Å².